The molecule has 0 saturated heterocycles. The lowest BCUT2D eigenvalue weighted by molar-refractivity contribution is 0.433. The summed E-state index contributed by atoms with van der Waals surface area (Å²) < 4.78 is 13.9. The van der Waals surface area contributed by atoms with Gasteiger partial charge in [0.05, 0.1) is 0 Å². The minimum Gasteiger partial charge on any atom is -0.309 e. The number of nitrogens with one attached hydrogen (secondary N) is 1. The summed E-state index contributed by atoms with van der Waals surface area (Å²) in [4.78, 5) is 0. The first-order valence-electron chi connectivity index (χ1n) is 5.27. The first-order chi connectivity index (χ1) is 7.52. The minimum atomic E-state index is -0.203. The fraction of sp³-hybridized carbons (Fsp3) is 0.500. The Labute approximate surface area is 113 Å². The number of rotatable bonds is 5. The molecule has 90 valence electrons. The molecule has 1 aromatic carbocycles. The van der Waals surface area contributed by atoms with Gasteiger partial charge in [0.15, 0.2) is 0 Å². The van der Waals surface area contributed by atoms with Gasteiger partial charge in [-0.15, -0.1) is 0 Å². The lowest BCUT2D eigenvalue weighted by atomic mass is 10.1. The minimum absolute atomic E-state index is 0.203. The molecule has 0 amide bonds. The van der Waals surface area contributed by atoms with Gasteiger partial charge < -0.3 is 5.32 Å². The summed E-state index contributed by atoms with van der Waals surface area (Å²) in [5.41, 5.74) is 0.957. The SMILES string of the molecule is CC(C)C(CBr)NCc1cc(F)cc(Br)c1. The molecule has 1 N–H and O–H groups in total. The Morgan fingerprint density at radius 3 is 2.50 bits per heavy atom. The average molecular weight is 353 g/mol. The highest BCUT2D eigenvalue weighted by atomic mass is 79.9. The third-order valence-corrected chi connectivity index (χ3v) is 3.62. The van der Waals surface area contributed by atoms with Crippen molar-refractivity contribution in [2.24, 2.45) is 5.92 Å². The maximum absolute atomic E-state index is 13.1. The van der Waals surface area contributed by atoms with Gasteiger partial charge in [0.2, 0.25) is 0 Å². The lowest BCUT2D eigenvalue weighted by Gasteiger charge is -2.20. The highest BCUT2D eigenvalue weighted by Crippen LogP contribution is 2.15. The van der Waals surface area contributed by atoms with Gasteiger partial charge in [-0.1, -0.05) is 45.7 Å². The Morgan fingerprint density at radius 2 is 2.00 bits per heavy atom. The van der Waals surface area contributed by atoms with Crippen LogP contribution in [-0.4, -0.2) is 11.4 Å². The molecule has 1 aromatic rings. The number of hydrogen-bond donors (Lipinski definition) is 1. The number of alkyl halides is 1. The van der Waals surface area contributed by atoms with E-state index in [0.717, 1.165) is 15.4 Å². The molecule has 0 heterocycles. The van der Waals surface area contributed by atoms with E-state index < -0.39 is 0 Å². The smallest absolute Gasteiger partial charge is 0.124 e. The zero-order chi connectivity index (χ0) is 12.1. The van der Waals surface area contributed by atoms with E-state index in [9.17, 15) is 4.39 Å². The van der Waals surface area contributed by atoms with Gasteiger partial charge in [0, 0.05) is 22.4 Å². The summed E-state index contributed by atoms with van der Waals surface area (Å²) in [6.07, 6.45) is 0. The summed E-state index contributed by atoms with van der Waals surface area (Å²) in [5, 5.41) is 4.31. The number of halogens is 3. The predicted molar refractivity (Wildman–Crippen MR) is 73.4 cm³/mol. The van der Waals surface area contributed by atoms with Crippen LogP contribution < -0.4 is 5.32 Å². The van der Waals surface area contributed by atoms with Crippen molar-refractivity contribution in [1.82, 2.24) is 5.32 Å². The zero-order valence-electron chi connectivity index (χ0n) is 9.43. The maximum Gasteiger partial charge on any atom is 0.124 e. The van der Waals surface area contributed by atoms with Gasteiger partial charge in [-0.25, -0.2) is 4.39 Å². The fourth-order valence-electron chi connectivity index (χ4n) is 1.43. The Hall–Kier alpha value is 0.0700. The van der Waals surface area contributed by atoms with Gasteiger partial charge in [0.25, 0.3) is 0 Å². The number of hydrogen-bond acceptors (Lipinski definition) is 1. The van der Waals surface area contributed by atoms with Crippen LogP contribution in [0.2, 0.25) is 0 Å². The predicted octanol–water partition coefficient (Wildman–Crippen LogP) is 4.10. The van der Waals surface area contributed by atoms with E-state index in [1.54, 1.807) is 6.07 Å². The molecule has 0 radical (unpaired) electrons. The van der Waals surface area contributed by atoms with Crippen LogP contribution in [0.1, 0.15) is 19.4 Å². The van der Waals surface area contributed by atoms with E-state index >= 15 is 0 Å². The molecule has 1 atom stereocenters. The molecular weight excluding hydrogens is 337 g/mol. The quantitative estimate of drug-likeness (QED) is 0.787. The third kappa shape index (κ3) is 4.52. The van der Waals surface area contributed by atoms with Crippen LogP contribution in [0.4, 0.5) is 4.39 Å². The summed E-state index contributed by atoms with van der Waals surface area (Å²) >= 11 is 6.76. The molecule has 0 aliphatic carbocycles. The van der Waals surface area contributed by atoms with Gasteiger partial charge in [0.1, 0.15) is 5.82 Å². The van der Waals surface area contributed by atoms with E-state index in [2.05, 4.69) is 51.0 Å². The lowest BCUT2D eigenvalue weighted by Crippen LogP contribution is -2.34. The van der Waals surface area contributed by atoms with Crippen LogP contribution in [0.5, 0.6) is 0 Å². The van der Waals surface area contributed by atoms with E-state index in [1.165, 1.54) is 6.07 Å². The van der Waals surface area contributed by atoms with Crippen molar-refractivity contribution in [1.29, 1.82) is 0 Å². The second-order valence-corrected chi connectivity index (χ2v) is 5.73. The molecule has 1 rings (SSSR count). The van der Waals surface area contributed by atoms with Gasteiger partial charge >= 0.3 is 0 Å². The zero-order valence-corrected chi connectivity index (χ0v) is 12.6. The molecule has 1 nitrogen and oxygen atoms in total. The third-order valence-electron chi connectivity index (χ3n) is 2.46. The Kier molecular flexibility index (Phi) is 5.94. The van der Waals surface area contributed by atoms with Crippen molar-refractivity contribution in [2.45, 2.75) is 26.4 Å². The van der Waals surface area contributed by atoms with Gasteiger partial charge in [-0.2, -0.15) is 0 Å². The average Bonchev–Trinajstić information content (AvgIpc) is 2.16. The van der Waals surface area contributed by atoms with Crippen molar-refractivity contribution in [3.8, 4) is 0 Å². The Balaban J connectivity index is 2.60. The van der Waals surface area contributed by atoms with E-state index in [1.807, 2.05) is 6.07 Å². The number of benzene rings is 1. The van der Waals surface area contributed by atoms with Crippen molar-refractivity contribution in [3.05, 3.63) is 34.1 Å². The van der Waals surface area contributed by atoms with Crippen molar-refractivity contribution >= 4 is 31.9 Å². The normalized spacial score (nSPS) is 13.1. The van der Waals surface area contributed by atoms with E-state index in [-0.39, 0.29) is 5.82 Å². The van der Waals surface area contributed by atoms with Gasteiger partial charge in [-0.05, 0) is 29.7 Å². The first-order valence-corrected chi connectivity index (χ1v) is 7.18. The standard InChI is InChI=1S/C12H16Br2FN/c1-8(2)12(6-13)16-7-9-3-10(14)5-11(15)4-9/h3-5,8,12,16H,6-7H2,1-2H3. The second-order valence-electron chi connectivity index (χ2n) is 4.16. The highest BCUT2D eigenvalue weighted by Gasteiger charge is 2.10. The molecule has 0 aliphatic rings. The first kappa shape index (κ1) is 14.1. The Morgan fingerprint density at radius 1 is 1.31 bits per heavy atom. The van der Waals surface area contributed by atoms with Crippen LogP contribution in [-0.2, 0) is 6.54 Å². The molecule has 0 fully saturated rings. The Bertz CT molecular complexity index is 322. The molecule has 4 heteroatoms. The molecular formula is C12H16Br2FN. The van der Waals surface area contributed by atoms with E-state index in [0.29, 0.717) is 18.5 Å². The molecule has 16 heavy (non-hydrogen) atoms. The largest absolute Gasteiger partial charge is 0.309 e. The van der Waals surface area contributed by atoms with Crippen LogP contribution >= 0.6 is 31.9 Å². The van der Waals surface area contributed by atoms with Crippen molar-refractivity contribution in [3.63, 3.8) is 0 Å². The highest BCUT2D eigenvalue weighted by molar-refractivity contribution is 9.10. The second kappa shape index (κ2) is 6.72. The summed E-state index contributed by atoms with van der Waals surface area (Å²) in [5.74, 6) is 0.350. The van der Waals surface area contributed by atoms with Crippen LogP contribution in [0.3, 0.4) is 0 Å². The summed E-state index contributed by atoms with van der Waals surface area (Å²) in [7, 11) is 0. The fourth-order valence-corrected chi connectivity index (χ4v) is 2.92. The molecule has 0 saturated carbocycles. The van der Waals surface area contributed by atoms with Crippen molar-refractivity contribution in [2.75, 3.05) is 5.33 Å². The molecule has 1 unspecified atom stereocenters. The molecule has 0 aliphatic heterocycles. The van der Waals surface area contributed by atoms with E-state index in [4.69, 9.17) is 0 Å². The topological polar surface area (TPSA) is 12.0 Å². The van der Waals surface area contributed by atoms with Crippen LogP contribution in [0.15, 0.2) is 22.7 Å². The van der Waals surface area contributed by atoms with Crippen LogP contribution in [0.25, 0.3) is 0 Å². The summed E-state index contributed by atoms with van der Waals surface area (Å²) in [6.45, 7) is 5.02. The summed E-state index contributed by atoms with van der Waals surface area (Å²) in [6, 6.07) is 5.36. The van der Waals surface area contributed by atoms with Crippen molar-refractivity contribution < 1.29 is 4.39 Å². The molecule has 0 spiro atoms. The van der Waals surface area contributed by atoms with Gasteiger partial charge in [-0.3, -0.25) is 0 Å². The molecule has 0 aromatic heterocycles. The van der Waals surface area contributed by atoms with Crippen LogP contribution in [0, 0.1) is 11.7 Å². The maximum atomic E-state index is 13.1. The monoisotopic (exact) mass is 351 g/mol. The molecule has 0 bridgehead atoms.